The zero-order valence-electron chi connectivity index (χ0n) is 8.75. The first-order valence-corrected chi connectivity index (χ1v) is 5.52. The summed E-state index contributed by atoms with van der Waals surface area (Å²) in [5, 5.41) is 9.67. The molecule has 3 nitrogen and oxygen atoms in total. The van der Waals surface area contributed by atoms with Gasteiger partial charge in [0.25, 0.3) is 0 Å². The van der Waals surface area contributed by atoms with Gasteiger partial charge in [0.05, 0.1) is 12.1 Å². The topological polar surface area (TPSA) is 63.3 Å². The summed E-state index contributed by atoms with van der Waals surface area (Å²) in [6, 6.07) is 3.23. The second kappa shape index (κ2) is 4.77. The molecule has 0 aliphatic rings. The number of hydrogen-bond donors (Lipinski definition) is 2. The molecule has 0 amide bonds. The summed E-state index contributed by atoms with van der Waals surface area (Å²) in [5.74, 6) is 0.0214. The van der Waals surface area contributed by atoms with Crippen molar-refractivity contribution in [1.82, 2.24) is 0 Å². The Morgan fingerprint density at radius 3 is 2.60 bits per heavy atom. The molecule has 4 heteroatoms. The van der Waals surface area contributed by atoms with Gasteiger partial charge in [-0.05, 0) is 23.6 Å². The summed E-state index contributed by atoms with van der Waals surface area (Å²) in [6.07, 6.45) is 0. The maximum atomic E-state index is 11.4. The standard InChI is InChI=1S/C11H14BrNO2/c1-6(2)7-4-10(14)8(3-9(7)12)11(15)5-13/h3-4,6,14H,5,13H2,1-2H3. The van der Waals surface area contributed by atoms with Crippen LogP contribution in [0, 0.1) is 0 Å². The Morgan fingerprint density at radius 1 is 1.53 bits per heavy atom. The van der Waals surface area contributed by atoms with Crippen LogP contribution in [0.2, 0.25) is 0 Å². The lowest BCUT2D eigenvalue weighted by Gasteiger charge is -2.11. The third kappa shape index (κ3) is 2.58. The van der Waals surface area contributed by atoms with Crippen LogP contribution in [0.1, 0.15) is 35.7 Å². The summed E-state index contributed by atoms with van der Waals surface area (Å²) < 4.78 is 0.826. The predicted octanol–water partition coefficient (Wildman–Crippen LogP) is 2.42. The van der Waals surface area contributed by atoms with Crippen LogP contribution in [0.4, 0.5) is 0 Å². The predicted molar refractivity (Wildman–Crippen MR) is 63.3 cm³/mol. The summed E-state index contributed by atoms with van der Waals surface area (Å²) in [5.41, 5.74) is 6.49. The average Bonchev–Trinajstić information content (AvgIpc) is 2.19. The van der Waals surface area contributed by atoms with Crippen LogP contribution in [0.15, 0.2) is 16.6 Å². The lowest BCUT2D eigenvalue weighted by atomic mass is 9.99. The number of benzene rings is 1. The Labute approximate surface area is 97.4 Å². The number of aromatic hydroxyl groups is 1. The van der Waals surface area contributed by atoms with Gasteiger partial charge in [-0.1, -0.05) is 29.8 Å². The van der Waals surface area contributed by atoms with E-state index in [0.29, 0.717) is 0 Å². The molecule has 0 unspecified atom stereocenters. The molecular weight excluding hydrogens is 258 g/mol. The van der Waals surface area contributed by atoms with Crippen molar-refractivity contribution in [3.63, 3.8) is 0 Å². The quantitative estimate of drug-likeness (QED) is 0.830. The van der Waals surface area contributed by atoms with Crippen LogP contribution in [0.3, 0.4) is 0 Å². The first kappa shape index (κ1) is 12.2. The Morgan fingerprint density at radius 2 is 2.13 bits per heavy atom. The Hall–Kier alpha value is -0.870. The molecule has 0 aliphatic carbocycles. The van der Waals surface area contributed by atoms with Gasteiger partial charge < -0.3 is 10.8 Å². The minimum atomic E-state index is -0.261. The largest absolute Gasteiger partial charge is 0.507 e. The maximum Gasteiger partial charge on any atom is 0.180 e. The van der Waals surface area contributed by atoms with E-state index in [9.17, 15) is 9.90 Å². The lowest BCUT2D eigenvalue weighted by molar-refractivity contribution is 0.0999. The minimum absolute atomic E-state index is 0.00245. The molecule has 1 aromatic carbocycles. The van der Waals surface area contributed by atoms with Crippen molar-refractivity contribution in [2.75, 3.05) is 6.54 Å². The Kier molecular flexibility index (Phi) is 3.88. The fourth-order valence-electron chi connectivity index (χ4n) is 1.35. The highest BCUT2D eigenvalue weighted by Crippen LogP contribution is 2.31. The molecule has 0 saturated carbocycles. The van der Waals surface area contributed by atoms with E-state index in [1.54, 1.807) is 12.1 Å². The Bertz CT molecular complexity index is 388. The Balaban J connectivity index is 3.25. The summed E-state index contributed by atoms with van der Waals surface area (Å²) in [7, 11) is 0. The van der Waals surface area contributed by atoms with Gasteiger partial charge in [-0.3, -0.25) is 4.79 Å². The molecule has 0 fully saturated rings. The molecule has 0 aliphatic heterocycles. The first-order chi connectivity index (χ1) is 6.97. The molecule has 0 atom stereocenters. The number of halogens is 1. The van der Waals surface area contributed by atoms with Crippen LogP contribution < -0.4 is 5.73 Å². The molecular formula is C11H14BrNO2. The van der Waals surface area contributed by atoms with Crippen molar-refractivity contribution in [2.24, 2.45) is 5.73 Å². The third-order valence-corrected chi connectivity index (χ3v) is 2.91. The van der Waals surface area contributed by atoms with Gasteiger partial charge in [-0.25, -0.2) is 0 Å². The van der Waals surface area contributed by atoms with Gasteiger partial charge >= 0.3 is 0 Å². The second-order valence-electron chi connectivity index (χ2n) is 3.67. The highest BCUT2D eigenvalue weighted by molar-refractivity contribution is 9.10. The number of nitrogens with two attached hydrogens (primary N) is 1. The highest BCUT2D eigenvalue weighted by atomic mass is 79.9. The SMILES string of the molecule is CC(C)c1cc(O)c(C(=O)CN)cc1Br. The zero-order valence-corrected chi connectivity index (χ0v) is 10.3. The molecule has 3 N–H and O–H groups in total. The van der Waals surface area contributed by atoms with Gasteiger partial charge in [0.2, 0.25) is 0 Å². The number of hydrogen-bond acceptors (Lipinski definition) is 3. The molecule has 1 aromatic rings. The molecule has 0 spiro atoms. The van der Waals surface area contributed by atoms with E-state index in [1.807, 2.05) is 13.8 Å². The minimum Gasteiger partial charge on any atom is -0.507 e. The van der Waals surface area contributed by atoms with Crippen molar-refractivity contribution in [2.45, 2.75) is 19.8 Å². The highest BCUT2D eigenvalue weighted by Gasteiger charge is 2.14. The normalized spacial score (nSPS) is 10.7. The summed E-state index contributed by atoms with van der Waals surface area (Å²) in [4.78, 5) is 11.4. The number of phenolic OH excluding ortho intramolecular Hbond substituents is 1. The van der Waals surface area contributed by atoms with E-state index in [1.165, 1.54) is 0 Å². The number of carbonyl (C=O) groups excluding carboxylic acids is 1. The van der Waals surface area contributed by atoms with Gasteiger partial charge in [-0.15, -0.1) is 0 Å². The zero-order chi connectivity index (χ0) is 11.6. The second-order valence-corrected chi connectivity index (χ2v) is 4.53. The molecule has 0 radical (unpaired) electrons. The van der Waals surface area contributed by atoms with E-state index in [2.05, 4.69) is 15.9 Å². The number of rotatable bonds is 3. The number of phenols is 1. The van der Waals surface area contributed by atoms with Crippen molar-refractivity contribution in [1.29, 1.82) is 0 Å². The number of ketones is 1. The van der Waals surface area contributed by atoms with Crippen LogP contribution in [0.25, 0.3) is 0 Å². The van der Waals surface area contributed by atoms with E-state index in [0.717, 1.165) is 10.0 Å². The van der Waals surface area contributed by atoms with Crippen LogP contribution >= 0.6 is 15.9 Å². The van der Waals surface area contributed by atoms with Crippen molar-refractivity contribution in [3.05, 3.63) is 27.7 Å². The van der Waals surface area contributed by atoms with Gasteiger partial charge in [0.1, 0.15) is 5.75 Å². The van der Waals surface area contributed by atoms with Crippen molar-refractivity contribution < 1.29 is 9.90 Å². The summed E-state index contributed by atoms with van der Waals surface area (Å²) >= 11 is 3.38. The first-order valence-electron chi connectivity index (χ1n) is 4.73. The lowest BCUT2D eigenvalue weighted by Crippen LogP contribution is -2.14. The molecule has 0 heterocycles. The molecule has 15 heavy (non-hydrogen) atoms. The van der Waals surface area contributed by atoms with Gasteiger partial charge in [-0.2, -0.15) is 0 Å². The fraction of sp³-hybridized carbons (Fsp3) is 0.364. The smallest absolute Gasteiger partial charge is 0.180 e. The molecule has 0 saturated heterocycles. The van der Waals surface area contributed by atoms with Crippen LogP contribution in [-0.4, -0.2) is 17.4 Å². The van der Waals surface area contributed by atoms with E-state index in [-0.39, 0.29) is 29.6 Å². The third-order valence-electron chi connectivity index (χ3n) is 2.22. The van der Waals surface area contributed by atoms with Crippen LogP contribution in [-0.2, 0) is 0 Å². The van der Waals surface area contributed by atoms with Crippen molar-refractivity contribution in [3.8, 4) is 5.75 Å². The molecule has 82 valence electrons. The number of Topliss-reactive ketones (excluding diaryl/α,β-unsaturated/α-hetero) is 1. The van der Waals surface area contributed by atoms with Crippen LogP contribution in [0.5, 0.6) is 5.75 Å². The van der Waals surface area contributed by atoms with Gasteiger partial charge in [0, 0.05) is 4.47 Å². The molecule has 0 aromatic heterocycles. The van der Waals surface area contributed by atoms with Gasteiger partial charge in [0.15, 0.2) is 5.78 Å². The fourth-order valence-corrected chi connectivity index (χ4v) is 2.15. The van der Waals surface area contributed by atoms with E-state index >= 15 is 0 Å². The summed E-state index contributed by atoms with van der Waals surface area (Å²) in [6.45, 7) is 3.94. The molecule has 1 rings (SSSR count). The monoisotopic (exact) mass is 271 g/mol. The molecule has 0 bridgehead atoms. The maximum absolute atomic E-state index is 11.4. The van der Waals surface area contributed by atoms with Crippen molar-refractivity contribution >= 4 is 21.7 Å². The average molecular weight is 272 g/mol. The van der Waals surface area contributed by atoms with E-state index in [4.69, 9.17) is 5.73 Å². The number of carbonyl (C=O) groups is 1. The van der Waals surface area contributed by atoms with E-state index < -0.39 is 0 Å².